The lowest BCUT2D eigenvalue weighted by Crippen LogP contribution is -1.97. The maximum atomic E-state index is 5.54. The van der Waals surface area contributed by atoms with Crippen LogP contribution in [0.15, 0.2) is 35.2 Å². The number of hydrogen-bond donors (Lipinski definition) is 1. The number of nitrogens with two attached hydrogens (primary N) is 1. The first-order valence-corrected chi connectivity index (χ1v) is 4.47. The van der Waals surface area contributed by atoms with Crippen LogP contribution in [0.4, 0.5) is 5.82 Å². The highest BCUT2D eigenvalue weighted by Gasteiger charge is 1.98. The van der Waals surface area contributed by atoms with E-state index in [9.17, 15) is 0 Å². The molecule has 2 aromatic rings. The van der Waals surface area contributed by atoms with Gasteiger partial charge in [0.15, 0.2) is 0 Å². The molecule has 0 atom stereocenters. The lowest BCUT2D eigenvalue weighted by atomic mass is 10.4. The van der Waals surface area contributed by atoms with E-state index in [-0.39, 0.29) is 0 Å². The lowest BCUT2D eigenvalue weighted by Gasteiger charge is -2.00. The largest absolute Gasteiger partial charge is 0.384 e. The molecule has 0 unspecified atom stereocenters. The zero-order chi connectivity index (χ0) is 9.26. The summed E-state index contributed by atoms with van der Waals surface area (Å²) in [5, 5.41) is 4.11. The molecule has 5 heteroatoms. The molecule has 0 aliphatic carbocycles. The van der Waals surface area contributed by atoms with E-state index in [2.05, 4.69) is 26.0 Å². The molecule has 0 amide bonds. The Morgan fingerprint density at radius 3 is 2.92 bits per heavy atom. The van der Waals surface area contributed by atoms with Gasteiger partial charge in [0.1, 0.15) is 5.82 Å². The van der Waals surface area contributed by atoms with Crippen molar-refractivity contribution in [3.63, 3.8) is 0 Å². The Labute approximate surface area is 83.5 Å². The van der Waals surface area contributed by atoms with Crippen molar-refractivity contribution >= 4 is 21.7 Å². The van der Waals surface area contributed by atoms with E-state index in [1.165, 1.54) is 0 Å². The molecule has 0 aromatic carbocycles. The summed E-state index contributed by atoms with van der Waals surface area (Å²) in [5.41, 5.74) is 6.44. The van der Waals surface area contributed by atoms with E-state index < -0.39 is 0 Å². The zero-order valence-electron chi connectivity index (χ0n) is 6.68. The van der Waals surface area contributed by atoms with Crippen LogP contribution in [0.5, 0.6) is 0 Å². The molecule has 0 saturated heterocycles. The monoisotopic (exact) mass is 238 g/mol. The summed E-state index contributed by atoms with van der Waals surface area (Å²) in [6, 6.07) is 3.61. The van der Waals surface area contributed by atoms with Gasteiger partial charge in [0.05, 0.1) is 16.4 Å². The maximum Gasteiger partial charge on any atom is 0.125 e. The molecule has 0 radical (unpaired) electrons. The Kier molecular flexibility index (Phi) is 2.02. The van der Waals surface area contributed by atoms with Crippen molar-refractivity contribution in [3.8, 4) is 5.69 Å². The molecule has 13 heavy (non-hydrogen) atoms. The topological polar surface area (TPSA) is 56.7 Å². The molecular weight excluding hydrogens is 232 g/mol. The van der Waals surface area contributed by atoms with Gasteiger partial charge in [0.2, 0.25) is 0 Å². The average Bonchev–Trinajstić information content (AvgIpc) is 2.52. The number of pyridine rings is 1. The van der Waals surface area contributed by atoms with Crippen LogP contribution in [0.2, 0.25) is 0 Å². The van der Waals surface area contributed by atoms with Gasteiger partial charge in [-0.1, -0.05) is 0 Å². The van der Waals surface area contributed by atoms with Gasteiger partial charge in [-0.25, -0.2) is 9.67 Å². The second-order valence-corrected chi connectivity index (χ2v) is 3.46. The average molecular weight is 239 g/mol. The van der Waals surface area contributed by atoms with Crippen molar-refractivity contribution < 1.29 is 0 Å². The number of nitrogens with zero attached hydrogens (tertiary/aromatic N) is 3. The fourth-order valence-corrected chi connectivity index (χ4v) is 1.31. The van der Waals surface area contributed by atoms with E-state index in [4.69, 9.17) is 5.73 Å². The first kappa shape index (κ1) is 8.25. The van der Waals surface area contributed by atoms with Crippen LogP contribution in [0.25, 0.3) is 5.69 Å². The number of anilines is 1. The molecule has 2 heterocycles. The van der Waals surface area contributed by atoms with Crippen LogP contribution in [0, 0.1) is 0 Å². The summed E-state index contributed by atoms with van der Waals surface area (Å²) in [7, 11) is 0. The molecule has 66 valence electrons. The minimum absolute atomic E-state index is 0.490. The van der Waals surface area contributed by atoms with E-state index in [1.807, 2.05) is 12.3 Å². The Bertz CT molecular complexity index is 424. The fourth-order valence-electron chi connectivity index (χ4n) is 1.02. The maximum absolute atomic E-state index is 5.54. The summed E-state index contributed by atoms with van der Waals surface area (Å²) < 4.78 is 2.66. The lowest BCUT2D eigenvalue weighted by molar-refractivity contribution is 0.878. The summed E-state index contributed by atoms with van der Waals surface area (Å²) in [6.45, 7) is 0. The molecular formula is C8H7BrN4. The van der Waals surface area contributed by atoms with Crippen molar-refractivity contribution in [2.75, 3.05) is 5.73 Å². The molecule has 2 aromatic heterocycles. The molecule has 0 aliphatic rings. The highest BCUT2D eigenvalue weighted by Crippen LogP contribution is 2.12. The normalized spacial score (nSPS) is 10.2. The molecule has 2 rings (SSSR count). The van der Waals surface area contributed by atoms with Crippen LogP contribution >= 0.6 is 15.9 Å². The van der Waals surface area contributed by atoms with Gasteiger partial charge in [0, 0.05) is 18.5 Å². The van der Waals surface area contributed by atoms with Gasteiger partial charge < -0.3 is 5.73 Å². The molecule has 0 fully saturated rings. The van der Waals surface area contributed by atoms with Gasteiger partial charge >= 0.3 is 0 Å². The van der Waals surface area contributed by atoms with Gasteiger partial charge in [-0.05, 0) is 22.0 Å². The van der Waals surface area contributed by atoms with Gasteiger partial charge in [0.25, 0.3) is 0 Å². The third-order valence-corrected chi connectivity index (χ3v) is 1.99. The zero-order valence-corrected chi connectivity index (χ0v) is 8.27. The van der Waals surface area contributed by atoms with Crippen molar-refractivity contribution in [1.82, 2.24) is 14.8 Å². The van der Waals surface area contributed by atoms with Gasteiger partial charge in [-0.2, -0.15) is 5.10 Å². The Morgan fingerprint density at radius 1 is 1.46 bits per heavy atom. The molecule has 0 spiro atoms. The molecule has 4 nitrogen and oxygen atoms in total. The Morgan fingerprint density at radius 2 is 2.31 bits per heavy atom. The first-order valence-electron chi connectivity index (χ1n) is 3.68. The number of hydrogen-bond acceptors (Lipinski definition) is 3. The smallest absolute Gasteiger partial charge is 0.125 e. The number of nitrogen functional groups attached to an aromatic ring is 1. The predicted molar refractivity (Wildman–Crippen MR) is 53.5 cm³/mol. The second-order valence-electron chi connectivity index (χ2n) is 2.54. The van der Waals surface area contributed by atoms with Crippen molar-refractivity contribution in [2.45, 2.75) is 0 Å². The van der Waals surface area contributed by atoms with Crippen LogP contribution < -0.4 is 5.73 Å². The quantitative estimate of drug-likeness (QED) is 0.822. The van der Waals surface area contributed by atoms with Crippen LogP contribution in [0.1, 0.15) is 0 Å². The molecule has 0 bridgehead atoms. The summed E-state index contributed by atoms with van der Waals surface area (Å²) in [4.78, 5) is 3.90. The summed E-state index contributed by atoms with van der Waals surface area (Å²) >= 11 is 3.32. The highest BCUT2D eigenvalue weighted by molar-refractivity contribution is 9.10. The van der Waals surface area contributed by atoms with Crippen LogP contribution in [0.3, 0.4) is 0 Å². The Hall–Kier alpha value is -1.36. The van der Waals surface area contributed by atoms with Crippen LogP contribution in [-0.4, -0.2) is 14.8 Å². The Balaban J connectivity index is 2.46. The SMILES string of the molecule is Nc1cc(-n2cc(Br)cn2)ccn1. The highest BCUT2D eigenvalue weighted by atomic mass is 79.9. The fraction of sp³-hybridized carbons (Fsp3) is 0. The second kappa shape index (κ2) is 3.18. The first-order chi connectivity index (χ1) is 6.25. The molecule has 0 aliphatic heterocycles. The third-order valence-electron chi connectivity index (χ3n) is 1.58. The van der Waals surface area contributed by atoms with Crippen molar-refractivity contribution in [3.05, 3.63) is 35.2 Å². The number of halogens is 1. The standard InChI is InChI=1S/C8H7BrN4/c9-6-4-12-13(5-6)7-1-2-11-8(10)3-7/h1-5H,(H2,10,11). The van der Waals surface area contributed by atoms with E-state index in [1.54, 1.807) is 23.1 Å². The molecule has 2 N–H and O–H groups in total. The van der Waals surface area contributed by atoms with Gasteiger partial charge in [-0.3, -0.25) is 0 Å². The third kappa shape index (κ3) is 1.70. The van der Waals surface area contributed by atoms with Crippen molar-refractivity contribution in [1.29, 1.82) is 0 Å². The number of aromatic nitrogens is 3. The minimum atomic E-state index is 0.490. The van der Waals surface area contributed by atoms with Crippen molar-refractivity contribution in [2.24, 2.45) is 0 Å². The summed E-state index contributed by atoms with van der Waals surface area (Å²) in [6.07, 6.45) is 5.23. The minimum Gasteiger partial charge on any atom is -0.384 e. The molecule has 0 saturated carbocycles. The number of rotatable bonds is 1. The van der Waals surface area contributed by atoms with E-state index >= 15 is 0 Å². The summed E-state index contributed by atoms with van der Waals surface area (Å²) in [5.74, 6) is 0.490. The van der Waals surface area contributed by atoms with Gasteiger partial charge in [-0.15, -0.1) is 0 Å². The van der Waals surface area contributed by atoms with Crippen LogP contribution in [-0.2, 0) is 0 Å². The van der Waals surface area contributed by atoms with E-state index in [0.717, 1.165) is 10.2 Å². The predicted octanol–water partition coefficient (Wildman–Crippen LogP) is 1.61. The van der Waals surface area contributed by atoms with E-state index in [0.29, 0.717) is 5.82 Å².